The lowest BCUT2D eigenvalue weighted by Crippen LogP contribution is -2.23. The first kappa shape index (κ1) is 18.0. The fourth-order valence-corrected chi connectivity index (χ4v) is 2.73. The molecule has 128 valence electrons. The van der Waals surface area contributed by atoms with Crippen molar-refractivity contribution in [2.24, 2.45) is 5.92 Å². The molecule has 0 saturated heterocycles. The van der Waals surface area contributed by atoms with Gasteiger partial charge in [-0.1, -0.05) is 62.4 Å². The number of carbonyl (C=O) groups is 1. The zero-order valence-electron chi connectivity index (χ0n) is 14.3. The van der Waals surface area contributed by atoms with Crippen molar-refractivity contribution in [3.8, 4) is 5.75 Å². The number of para-hydroxylation sites is 1. The van der Waals surface area contributed by atoms with Crippen LogP contribution in [0, 0.1) is 5.92 Å². The highest BCUT2D eigenvalue weighted by molar-refractivity contribution is 5.62. The van der Waals surface area contributed by atoms with Gasteiger partial charge in [-0.2, -0.15) is 0 Å². The van der Waals surface area contributed by atoms with E-state index in [-0.39, 0.29) is 12.0 Å². The second-order valence-corrected chi connectivity index (χ2v) is 6.23. The Balaban J connectivity index is 2.41. The third-order valence-corrected chi connectivity index (χ3v) is 3.77. The lowest BCUT2D eigenvalue weighted by molar-refractivity contribution is 0.0372. The maximum atomic E-state index is 11.0. The van der Waals surface area contributed by atoms with E-state index in [2.05, 4.69) is 13.8 Å². The Morgan fingerprint density at radius 2 is 1.62 bits per heavy atom. The Morgan fingerprint density at radius 3 is 2.25 bits per heavy atom. The van der Waals surface area contributed by atoms with Crippen LogP contribution in [0.5, 0.6) is 5.75 Å². The van der Waals surface area contributed by atoms with Gasteiger partial charge >= 0.3 is 6.16 Å². The zero-order valence-corrected chi connectivity index (χ0v) is 14.3. The summed E-state index contributed by atoms with van der Waals surface area (Å²) >= 11 is 0. The van der Waals surface area contributed by atoms with E-state index in [1.54, 1.807) is 12.1 Å². The highest BCUT2D eigenvalue weighted by atomic mass is 16.7. The van der Waals surface area contributed by atoms with E-state index in [1.807, 2.05) is 49.4 Å². The molecule has 0 amide bonds. The molecule has 0 spiro atoms. The third kappa shape index (κ3) is 4.83. The highest BCUT2D eigenvalue weighted by Crippen LogP contribution is 2.35. The first-order valence-corrected chi connectivity index (χ1v) is 8.15. The summed E-state index contributed by atoms with van der Waals surface area (Å²) in [5.74, 6) is 0.661. The van der Waals surface area contributed by atoms with Gasteiger partial charge in [0.1, 0.15) is 5.75 Å². The minimum Gasteiger partial charge on any atom is -0.449 e. The molecular weight excluding hydrogens is 304 g/mol. The molecule has 0 bridgehead atoms. The molecule has 24 heavy (non-hydrogen) atoms. The molecule has 0 saturated carbocycles. The molecule has 2 atom stereocenters. The molecule has 0 heterocycles. The largest absolute Gasteiger partial charge is 0.511 e. The van der Waals surface area contributed by atoms with Gasteiger partial charge in [0.2, 0.25) is 0 Å². The molecule has 0 aromatic heterocycles. The molecule has 0 aliphatic carbocycles. The first-order valence-electron chi connectivity index (χ1n) is 8.15. The van der Waals surface area contributed by atoms with Crippen LogP contribution >= 0.6 is 0 Å². The second-order valence-electron chi connectivity index (χ2n) is 6.23. The molecule has 2 rings (SSSR count). The van der Waals surface area contributed by atoms with Crippen LogP contribution in [0.15, 0.2) is 54.6 Å². The van der Waals surface area contributed by atoms with Crippen LogP contribution in [-0.2, 0) is 4.74 Å². The molecule has 4 nitrogen and oxygen atoms in total. The molecule has 0 aliphatic rings. The first-order chi connectivity index (χ1) is 11.5. The molecule has 0 fully saturated rings. The molecular formula is C20H24O4. The average molecular weight is 328 g/mol. The summed E-state index contributed by atoms with van der Waals surface area (Å²) in [7, 11) is 0. The number of ether oxygens (including phenoxy) is 2. The highest BCUT2D eigenvalue weighted by Gasteiger charge is 2.26. The standard InChI is InChI=1S/C20H24O4/c1-14(2)13-23-15(3)19(16-9-5-4-6-10-16)17-11-7-8-12-18(17)24-20(21)22/h4-12,14-15,19H,13H2,1-3H3,(H,21,22). The lowest BCUT2D eigenvalue weighted by atomic mass is 9.86. The van der Waals surface area contributed by atoms with E-state index >= 15 is 0 Å². The molecule has 2 aromatic carbocycles. The summed E-state index contributed by atoms with van der Waals surface area (Å²) in [6.07, 6.45) is -1.43. The monoisotopic (exact) mass is 328 g/mol. The molecule has 0 aliphatic heterocycles. The van der Waals surface area contributed by atoms with Crippen molar-refractivity contribution in [3.63, 3.8) is 0 Å². The van der Waals surface area contributed by atoms with Crippen molar-refractivity contribution in [2.45, 2.75) is 32.8 Å². The summed E-state index contributed by atoms with van der Waals surface area (Å²) in [4.78, 5) is 11.0. The van der Waals surface area contributed by atoms with Gasteiger partial charge in [-0.05, 0) is 24.5 Å². The minimum atomic E-state index is -1.31. The summed E-state index contributed by atoms with van der Waals surface area (Å²) in [5, 5.41) is 9.00. The normalized spacial score (nSPS) is 13.5. The predicted molar refractivity (Wildman–Crippen MR) is 93.6 cm³/mol. The summed E-state index contributed by atoms with van der Waals surface area (Å²) < 4.78 is 11.0. The van der Waals surface area contributed by atoms with Gasteiger partial charge < -0.3 is 14.6 Å². The van der Waals surface area contributed by atoms with Crippen molar-refractivity contribution < 1.29 is 19.4 Å². The van der Waals surface area contributed by atoms with Gasteiger partial charge in [0, 0.05) is 18.1 Å². The van der Waals surface area contributed by atoms with E-state index in [0.717, 1.165) is 11.1 Å². The van der Waals surface area contributed by atoms with Crippen molar-refractivity contribution in [3.05, 3.63) is 65.7 Å². The fourth-order valence-electron chi connectivity index (χ4n) is 2.73. The molecule has 2 aromatic rings. The van der Waals surface area contributed by atoms with Crippen molar-refractivity contribution in [1.82, 2.24) is 0 Å². The quantitative estimate of drug-likeness (QED) is 0.578. The molecule has 2 unspecified atom stereocenters. The number of carboxylic acid groups (broad SMARTS) is 1. The SMILES string of the molecule is CC(C)COC(C)C(c1ccccc1)c1ccccc1OC(=O)O. The van der Waals surface area contributed by atoms with Crippen LogP contribution in [0.25, 0.3) is 0 Å². The summed E-state index contributed by atoms with van der Waals surface area (Å²) in [6, 6.07) is 17.2. The summed E-state index contributed by atoms with van der Waals surface area (Å²) in [6.45, 7) is 6.86. The van der Waals surface area contributed by atoms with Gasteiger partial charge in [0.15, 0.2) is 0 Å². The Labute approximate surface area is 143 Å². The van der Waals surface area contributed by atoms with E-state index in [0.29, 0.717) is 18.3 Å². The van der Waals surface area contributed by atoms with Crippen molar-refractivity contribution >= 4 is 6.16 Å². The third-order valence-electron chi connectivity index (χ3n) is 3.77. The van der Waals surface area contributed by atoms with Gasteiger partial charge in [0.25, 0.3) is 0 Å². The van der Waals surface area contributed by atoms with Crippen LogP contribution in [0.1, 0.15) is 37.8 Å². The van der Waals surface area contributed by atoms with Crippen molar-refractivity contribution in [1.29, 1.82) is 0 Å². The van der Waals surface area contributed by atoms with E-state index in [1.165, 1.54) is 0 Å². The van der Waals surface area contributed by atoms with Crippen molar-refractivity contribution in [2.75, 3.05) is 6.61 Å². The van der Waals surface area contributed by atoms with Gasteiger partial charge in [-0.15, -0.1) is 0 Å². The maximum Gasteiger partial charge on any atom is 0.511 e. The van der Waals surface area contributed by atoms with Crippen LogP contribution in [0.2, 0.25) is 0 Å². The lowest BCUT2D eigenvalue weighted by Gasteiger charge is -2.27. The molecule has 4 heteroatoms. The Morgan fingerprint density at radius 1 is 1.00 bits per heavy atom. The van der Waals surface area contributed by atoms with E-state index < -0.39 is 6.16 Å². The predicted octanol–water partition coefficient (Wildman–Crippen LogP) is 4.94. The molecule has 0 radical (unpaired) electrons. The topological polar surface area (TPSA) is 55.8 Å². The number of rotatable bonds is 7. The van der Waals surface area contributed by atoms with Gasteiger partial charge in [0.05, 0.1) is 6.10 Å². The fraction of sp³-hybridized carbons (Fsp3) is 0.350. The van der Waals surface area contributed by atoms with Crippen LogP contribution in [0.4, 0.5) is 4.79 Å². The summed E-state index contributed by atoms with van der Waals surface area (Å²) in [5.41, 5.74) is 1.87. The Hall–Kier alpha value is -2.33. The number of hydrogen-bond acceptors (Lipinski definition) is 3. The van der Waals surface area contributed by atoms with E-state index in [4.69, 9.17) is 14.6 Å². The second kappa shape index (κ2) is 8.50. The number of benzene rings is 2. The Kier molecular flexibility index (Phi) is 6.38. The minimum absolute atomic E-state index is 0.111. The van der Waals surface area contributed by atoms with Gasteiger partial charge in [-0.3, -0.25) is 0 Å². The smallest absolute Gasteiger partial charge is 0.449 e. The average Bonchev–Trinajstić information content (AvgIpc) is 2.55. The zero-order chi connectivity index (χ0) is 17.5. The van der Waals surface area contributed by atoms with Crippen LogP contribution < -0.4 is 4.74 Å². The van der Waals surface area contributed by atoms with E-state index in [9.17, 15) is 4.79 Å². The van der Waals surface area contributed by atoms with Crippen LogP contribution in [-0.4, -0.2) is 24.0 Å². The van der Waals surface area contributed by atoms with Crippen LogP contribution in [0.3, 0.4) is 0 Å². The maximum absolute atomic E-state index is 11.0. The molecule has 1 N–H and O–H groups in total. The number of hydrogen-bond donors (Lipinski definition) is 1. The Bertz CT molecular complexity index is 652. The van der Waals surface area contributed by atoms with Gasteiger partial charge in [-0.25, -0.2) is 4.79 Å².